The molecule has 1 N–H and O–H groups in total. The van der Waals surface area contributed by atoms with Gasteiger partial charge < -0.3 is 29.2 Å². The third kappa shape index (κ3) is 4.73. The number of aromatic nitrogens is 1. The fourth-order valence-corrected chi connectivity index (χ4v) is 4.43. The molecule has 1 saturated heterocycles. The van der Waals surface area contributed by atoms with Crippen LogP contribution < -0.4 is 29.2 Å². The summed E-state index contributed by atoms with van der Waals surface area (Å²) in [4.78, 5) is 19.6. The molecule has 182 valence electrons. The van der Waals surface area contributed by atoms with E-state index in [1.807, 2.05) is 6.07 Å². The Morgan fingerprint density at radius 2 is 1.69 bits per heavy atom. The van der Waals surface area contributed by atoms with Gasteiger partial charge in [-0.1, -0.05) is 0 Å². The van der Waals surface area contributed by atoms with E-state index in [4.69, 9.17) is 18.9 Å². The number of piperidine rings is 1. The van der Waals surface area contributed by atoms with E-state index >= 15 is 0 Å². The number of rotatable bonds is 7. The van der Waals surface area contributed by atoms with Crippen LogP contribution in [0.2, 0.25) is 0 Å². The van der Waals surface area contributed by atoms with Gasteiger partial charge in [0.25, 0.3) is 0 Å². The second-order valence-corrected chi connectivity index (χ2v) is 8.17. The van der Waals surface area contributed by atoms with Gasteiger partial charge in [0.05, 0.1) is 50.9 Å². The zero-order chi connectivity index (χ0) is 24.9. The highest BCUT2D eigenvalue weighted by Crippen LogP contribution is 2.39. The molecule has 3 aromatic rings. The molecule has 1 aliphatic rings. The summed E-state index contributed by atoms with van der Waals surface area (Å²) in [6, 6.07) is 11.2. The molecule has 1 aromatic heterocycles. The number of nitrogens with one attached hydrogen (secondary N) is 1. The van der Waals surface area contributed by atoms with Crippen molar-refractivity contribution in [1.82, 2.24) is 4.98 Å². The molecule has 2 heterocycles. The molecule has 0 saturated carbocycles. The van der Waals surface area contributed by atoms with Crippen LogP contribution in [-0.2, 0) is 4.79 Å². The maximum absolute atomic E-state index is 13.0. The van der Waals surface area contributed by atoms with Gasteiger partial charge in [0.1, 0.15) is 17.6 Å². The van der Waals surface area contributed by atoms with Gasteiger partial charge in [0.15, 0.2) is 11.5 Å². The predicted octanol–water partition coefficient (Wildman–Crippen LogP) is 4.00. The van der Waals surface area contributed by atoms with Crippen LogP contribution in [0.4, 0.5) is 11.4 Å². The highest BCUT2D eigenvalue weighted by molar-refractivity contribution is 5.97. The van der Waals surface area contributed by atoms with Crippen LogP contribution in [0.15, 0.2) is 36.5 Å². The molecule has 0 aliphatic carbocycles. The molecule has 1 amide bonds. The fourth-order valence-electron chi connectivity index (χ4n) is 4.43. The summed E-state index contributed by atoms with van der Waals surface area (Å²) >= 11 is 0. The van der Waals surface area contributed by atoms with Crippen molar-refractivity contribution in [2.24, 2.45) is 5.92 Å². The summed E-state index contributed by atoms with van der Waals surface area (Å²) < 4.78 is 21.5. The van der Waals surface area contributed by atoms with Crippen molar-refractivity contribution in [3.8, 4) is 29.1 Å². The average Bonchev–Trinajstić information content (AvgIpc) is 2.91. The quantitative estimate of drug-likeness (QED) is 0.546. The van der Waals surface area contributed by atoms with Gasteiger partial charge in [-0.2, -0.15) is 5.26 Å². The number of hydrogen-bond donors (Lipinski definition) is 1. The number of ether oxygens (including phenoxy) is 4. The molecule has 0 bridgehead atoms. The highest BCUT2D eigenvalue weighted by Gasteiger charge is 2.28. The molecule has 0 radical (unpaired) electrons. The zero-order valence-electron chi connectivity index (χ0n) is 20.3. The van der Waals surface area contributed by atoms with Gasteiger partial charge in [0, 0.05) is 42.7 Å². The number of nitrogens with zero attached hydrogens (tertiary/aromatic N) is 3. The van der Waals surface area contributed by atoms with E-state index in [0.29, 0.717) is 65.7 Å². The topological polar surface area (TPSA) is 106 Å². The number of anilines is 2. The lowest BCUT2D eigenvalue weighted by Gasteiger charge is -2.34. The minimum atomic E-state index is -0.161. The Morgan fingerprint density at radius 3 is 2.31 bits per heavy atom. The van der Waals surface area contributed by atoms with Gasteiger partial charge >= 0.3 is 0 Å². The highest BCUT2D eigenvalue weighted by atomic mass is 16.5. The molecule has 9 heteroatoms. The number of fused-ring (bicyclic) bond motifs is 1. The molecule has 4 rings (SSSR count). The largest absolute Gasteiger partial charge is 0.497 e. The number of carbonyl (C=O) groups is 1. The van der Waals surface area contributed by atoms with Crippen LogP contribution in [0.1, 0.15) is 18.4 Å². The van der Waals surface area contributed by atoms with E-state index in [-0.39, 0.29) is 11.8 Å². The Kier molecular flexibility index (Phi) is 7.11. The van der Waals surface area contributed by atoms with E-state index in [1.54, 1.807) is 58.9 Å². The van der Waals surface area contributed by atoms with E-state index in [1.165, 1.54) is 0 Å². The molecule has 1 fully saturated rings. The number of amides is 1. The summed E-state index contributed by atoms with van der Waals surface area (Å²) in [6.07, 6.45) is 2.87. The van der Waals surface area contributed by atoms with Crippen LogP contribution in [0, 0.1) is 17.2 Å². The summed E-state index contributed by atoms with van der Waals surface area (Å²) in [6.45, 7) is 1.25. The first kappa shape index (κ1) is 24.0. The number of pyridine rings is 1. The van der Waals surface area contributed by atoms with Crippen molar-refractivity contribution in [1.29, 1.82) is 5.26 Å². The van der Waals surface area contributed by atoms with Crippen LogP contribution in [-0.4, -0.2) is 52.4 Å². The standard InChI is InChI=1S/C26H28N4O5/c1-32-18-5-6-20(22(11-18)33-2)29-26(31)16-7-9-30(10-8-16)25-17(14-27)15-28-21-13-24(35-4)23(34-3)12-19(21)25/h5-6,11-13,15-16H,7-10H2,1-4H3,(H,29,31). The second kappa shape index (κ2) is 10.4. The summed E-state index contributed by atoms with van der Waals surface area (Å²) in [5.74, 6) is 2.13. The Hall–Kier alpha value is -4.19. The van der Waals surface area contributed by atoms with Crippen molar-refractivity contribution in [2.45, 2.75) is 12.8 Å². The summed E-state index contributed by atoms with van der Waals surface area (Å²) in [5, 5.41) is 13.6. The number of benzene rings is 2. The molecule has 2 aromatic carbocycles. The lowest BCUT2D eigenvalue weighted by Crippen LogP contribution is -2.38. The van der Waals surface area contributed by atoms with Crippen LogP contribution >= 0.6 is 0 Å². The Labute approximate surface area is 204 Å². The third-order valence-corrected chi connectivity index (χ3v) is 6.31. The van der Waals surface area contributed by atoms with E-state index in [2.05, 4.69) is 21.3 Å². The van der Waals surface area contributed by atoms with Gasteiger partial charge in [-0.25, -0.2) is 0 Å². The summed E-state index contributed by atoms with van der Waals surface area (Å²) in [5.41, 5.74) is 2.60. The lowest BCUT2D eigenvalue weighted by atomic mass is 9.94. The molecule has 0 atom stereocenters. The van der Waals surface area contributed by atoms with Gasteiger partial charge in [-0.15, -0.1) is 0 Å². The minimum absolute atomic E-state index is 0.0559. The van der Waals surface area contributed by atoms with Gasteiger partial charge in [0.2, 0.25) is 5.91 Å². The lowest BCUT2D eigenvalue weighted by molar-refractivity contribution is -0.120. The Bertz CT molecular complexity index is 1280. The van der Waals surface area contributed by atoms with Crippen molar-refractivity contribution < 1.29 is 23.7 Å². The molecule has 0 spiro atoms. The summed E-state index contributed by atoms with van der Waals surface area (Å²) in [7, 11) is 6.29. The first-order valence-electron chi connectivity index (χ1n) is 11.3. The Morgan fingerprint density at radius 1 is 1.00 bits per heavy atom. The average molecular weight is 477 g/mol. The van der Waals surface area contributed by atoms with Crippen molar-refractivity contribution >= 4 is 28.2 Å². The molecule has 1 aliphatic heterocycles. The zero-order valence-corrected chi connectivity index (χ0v) is 20.3. The van der Waals surface area contributed by atoms with Crippen molar-refractivity contribution in [3.63, 3.8) is 0 Å². The monoisotopic (exact) mass is 476 g/mol. The predicted molar refractivity (Wildman–Crippen MR) is 133 cm³/mol. The maximum Gasteiger partial charge on any atom is 0.227 e. The number of nitriles is 1. The van der Waals surface area contributed by atoms with E-state index in [0.717, 1.165) is 11.1 Å². The van der Waals surface area contributed by atoms with Crippen molar-refractivity contribution in [3.05, 3.63) is 42.1 Å². The third-order valence-electron chi connectivity index (χ3n) is 6.31. The second-order valence-electron chi connectivity index (χ2n) is 8.17. The smallest absolute Gasteiger partial charge is 0.227 e. The SMILES string of the molecule is COc1ccc(NC(=O)C2CCN(c3c(C#N)cnc4cc(OC)c(OC)cc34)CC2)c(OC)c1. The minimum Gasteiger partial charge on any atom is -0.497 e. The van der Waals surface area contributed by atoms with Gasteiger partial charge in [-0.3, -0.25) is 9.78 Å². The normalized spacial score (nSPS) is 13.7. The van der Waals surface area contributed by atoms with E-state index < -0.39 is 0 Å². The molecule has 0 unspecified atom stereocenters. The van der Waals surface area contributed by atoms with Crippen LogP contribution in [0.25, 0.3) is 10.9 Å². The fraction of sp³-hybridized carbons (Fsp3) is 0.346. The molecule has 9 nitrogen and oxygen atoms in total. The number of hydrogen-bond acceptors (Lipinski definition) is 8. The first-order chi connectivity index (χ1) is 17.0. The van der Waals surface area contributed by atoms with Crippen LogP contribution in [0.5, 0.6) is 23.0 Å². The van der Waals surface area contributed by atoms with Gasteiger partial charge in [-0.05, 0) is 31.0 Å². The maximum atomic E-state index is 13.0. The molecular weight excluding hydrogens is 448 g/mol. The first-order valence-corrected chi connectivity index (χ1v) is 11.3. The van der Waals surface area contributed by atoms with Crippen LogP contribution in [0.3, 0.4) is 0 Å². The molecule has 35 heavy (non-hydrogen) atoms. The Balaban J connectivity index is 1.54. The van der Waals surface area contributed by atoms with Crippen molar-refractivity contribution in [2.75, 3.05) is 51.7 Å². The molecular formula is C26H28N4O5. The number of methoxy groups -OCH3 is 4. The number of carbonyl (C=O) groups excluding carboxylic acids is 1. The van der Waals surface area contributed by atoms with E-state index in [9.17, 15) is 10.1 Å².